The number of hydrogen-bond donors (Lipinski definition) is 2. The van der Waals surface area contributed by atoms with Gasteiger partial charge in [0.25, 0.3) is 0 Å². The monoisotopic (exact) mass is 350 g/mol. The quantitative estimate of drug-likeness (QED) is 0.754. The fraction of sp³-hybridized carbons (Fsp3) is 0.533. The van der Waals surface area contributed by atoms with Gasteiger partial charge >= 0.3 is 0 Å². The molecule has 0 aromatic heterocycles. The summed E-state index contributed by atoms with van der Waals surface area (Å²) in [4.78, 5) is 11.8. The largest absolute Gasteiger partial charge is 0.351 e. The first kappa shape index (κ1) is 20.6. The highest BCUT2D eigenvalue weighted by molar-refractivity contribution is 7.99. The number of nitrogens with two attached hydrogens (primary N) is 1. The highest BCUT2D eigenvalue weighted by Gasteiger charge is 2.12. The predicted octanol–water partition coefficient (Wildman–Crippen LogP) is 3.48. The Morgan fingerprint density at radius 2 is 1.95 bits per heavy atom. The minimum absolute atomic E-state index is 0. The molecule has 0 saturated heterocycles. The van der Waals surface area contributed by atoms with Crippen molar-refractivity contribution in [1.29, 1.82) is 0 Å². The smallest absolute Gasteiger partial charge is 0.230 e. The summed E-state index contributed by atoms with van der Waals surface area (Å²) in [7, 11) is 0. The van der Waals surface area contributed by atoms with Crippen LogP contribution in [0.4, 0.5) is 0 Å². The van der Waals surface area contributed by atoms with Crippen molar-refractivity contribution in [2.45, 2.75) is 32.1 Å². The van der Waals surface area contributed by atoms with E-state index >= 15 is 0 Å². The number of halogens is 2. The molecule has 1 rings (SSSR count). The summed E-state index contributed by atoms with van der Waals surface area (Å²) in [5, 5.41) is 3.72. The van der Waals surface area contributed by atoms with Crippen LogP contribution in [-0.2, 0) is 10.5 Å². The Hall–Kier alpha value is -0.420. The van der Waals surface area contributed by atoms with Crippen LogP contribution in [0.2, 0.25) is 5.02 Å². The number of amides is 1. The molecule has 3 nitrogen and oxygen atoms in total. The van der Waals surface area contributed by atoms with Crippen LogP contribution in [-0.4, -0.2) is 24.2 Å². The molecular formula is C15H24Cl2N2OS. The Morgan fingerprint density at radius 3 is 2.48 bits per heavy atom. The van der Waals surface area contributed by atoms with Crippen LogP contribution in [0, 0.1) is 5.92 Å². The summed E-state index contributed by atoms with van der Waals surface area (Å²) in [5.74, 6) is 1.85. The van der Waals surface area contributed by atoms with Gasteiger partial charge in [0, 0.05) is 23.4 Å². The molecule has 1 aromatic rings. The first-order chi connectivity index (χ1) is 9.51. The fourth-order valence-corrected chi connectivity index (χ4v) is 2.82. The van der Waals surface area contributed by atoms with Crippen molar-refractivity contribution in [3.63, 3.8) is 0 Å². The fourth-order valence-electron chi connectivity index (χ4n) is 1.89. The Kier molecular flexibility index (Phi) is 11.0. The molecule has 0 bridgehead atoms. The number of benzene rings is 1. The van der Waals surface area contributed by atoms with E-state index in [4.69, 9.17) is 17.3 Å². The molecule has 0 fully saturated rings. The van der Waals surface area contributed by atoms with Crippen molar-refractivity contribution in [1.82, 2.24) is 5.32 Å². The van der Waals surface area contributed by atoms with Crippen molar-refractivity contribution in [3.05, 3.63) is 34.9 Å². The van der Waals surface area contributed by atoms with Gasteiger partial charge in [-0.3, -0.25) is 4.79 Å². The molecule has 0 spiro atoms. The Balaban J connectivity index is 0.00000400. The zero-order chi connectivity index (χ0) is 15.0. The molecule has 0 heterocycles. The molecule has 1 unspecified atom stereocenters. The van der Waals surface area contributed by atoms with E-state index in [-0.39, 0.29) is 24.4 Å². The number of carbonyl (C=O) groups is 1. The van der Waals surface area contributed by atoms with Crippen LogP contribution in [0.15, 0.2) is 24.3 Å². The molecule has 21 heavy (non-hydrogen) atoms. The first-order valence-corrected chi connectivity index (χ1v) is 8.36. The van der Waals surface area contributed by atoms with E-state index in [1.165, 1.54) is 5.56 Å². The highest BCUT2D eigenvalue weighted by Crippen LogP contribution is 2.15. The zero-order valence-electron chi connectivity index (χ0n) is 12.5. The average molecular weight is 351 g/mol. The molecule has 0 saturated carbocycles. The maximum Gasteiger partial charge on any atom is 0.230 e. The predicted molar refractivity (Wildman–Crippen MR) is 95.3 cm³/mol. The molecule has 1 atom stereocenters. The standard InChI is InChI=1S/C15H23ClN2OS.ClH/c1-11(2)7-14(8-17)18-15(19)10-20-9-12-3-5-13(16)6-4-12;/h3-6,11,14H,7-10,17H2,1-2H3,(H,18,19);1H. The number of carbonyl (C=O) groups excluding carboxylic acids is 1. The number of rotatable bonds is 8. The molecule has 120 valence electrons. The van der Waals surface area contributed by atoms with Gasteiger partial charge in [0.15, 0.2) is 0 Å². The number of hydrogen-bond acceptors (Lipinski definition) is 3. The molecule has 3 N–H and O–H groups in total. The van der Waals surface area contributed by atoms with Gasteiger partial charge in [-0.05, 0) is 30.0 Å². The van der Waals surface area contributed by atoms with E-state index in [1.807, 2.05) is 24.3 Å². The van der Waals surface area contributed by atoms with Crippen LogP contribution in [0.25, 0.3) is 0 Å². The van der Waals surface area contributed by atoms with Crippen molar-refractivity contribution < 1.29 is 4.79 Å². The maximum absolute atomic E-state index is 11.8. The van der Waals surface area contributed by atoms with Crippen molar-refractivity contribution in [2.75, 3.05) is 12.3 Å². The Morgan fingerprint density at radius 1 is 1.33 bits per heavy atom. The summed E-state index contributed by atoms with van der Waals surface area (Å²) >= 11 is 7.42. The second-order valence-corrected chi connectivity index (χ2v) is 6.67. The molecule has 0 aliphatic rings. The normalized spacial score (nSPS) is 11.9. The van der Waals surface area contributed by atoms with Gasteiger partial charge < -0.3 is 11.1 Å². The van der Waals surface area contributed by atoms with E-state index in [0.29, 0.717) is 18.2 Å². The van der Waals surface area contributed by atoms with E-state index < -0.39 is 0 Å². The second kappa shape index (κ2) is 11.2. The Labute approximate surface area is 142 Å². The molecule has 0 aliphatic heterocycles. The second-order valence-electron chi connectivity index (χ2n) is 5.25. The van der Waals surface area contributed by atoms with Gasteiger partial charge in [-0.25, -0.2) is 0 Å². The maximum atomic E-state index is 11.8. The topological polar surface area (TPSA) is 55.1 Å². The summed E-state index contributed by atoms with van der Waals surface area (Å²) in [6.45, 7) is 4.75. The third kappa shape index (κ3) is 9.25. The lowest BCUT2D eigenvalue weighted by atomic mass is 10.0. The lowest BCUT2D eigenvalue weighted by Gasteiger charge is -2.18. The third-order valence-electron chi connectivity index (χ3n) is 2.82. The molecule has 0 radical (unpaired) electrons. The molecular weight excluding hydrogens is 327 g/mol. The van der Waals surface area contributed by atoms with E-state index in [2.05, 4.69) is 19.2 Å². The van der Waals surface area contributed by atoms with Crippen LogP contribution in [0.5, 0.6) is 0 Å². The van der Waals surface area contributed by atoms with Crippen molar-refractivity contribution in [2.24, 2.45) is 11.7 Å². The zero-order valence-corrected chi connectivity index (χ0v) is 14.9. The first-order valence-electron chi connectivity index (χ1n) is 6.83. The summed E-state index contributed by atoms with van der Waals surface area (Å²) in [5.41, 5.74) is 6.84. The average Bonchev–Trinajstić information content (AvgIpc) is 2.39. The van der Waals surface area contributed by atoms with Gasteiger partial charge in [-0.1, -0.05) is 37.6 Å². The van der Waals surface area contributed by atoms with Crippen LogP contribution in [0.3, 0.4) is 0 Å². The highest BCUT2D eigenvalue weighted by atomic mass is 35.5. The van der Waals surface area contributed by atoms with Crippen molar-refractivity contribution >= 4 is 41.7 Å². The molecule has 0 aliphatic carbocycles. The van der Waals surface area contributed by atoms with Crippen LogP contribution >= 0.6 is 35.8 Å². The molecule has 1 aromatic carbocycles. The molecule has 6 heteroatoms. The number of thioether (sulfide) groups is 1. The van der Waals surface area contributed by atoms with Gasteiger partial charge in [0.2, 0.25) is 5.91 Å². The lowest BCUT2D eigenvalue weighted by Crippen LogP contribution is -2.41. The van der Waals surface area contributed by atoms with Crippen LogP contribution < -0.4 is 11.1 Å². The summed E-state index contributed by atoms with van der Waals surface area (Å²) in [6, 6.07) is 7.78. The van der Waals surface area contributed by atoms with Crippen LogP contribution in [0.1, 0.15) is 25.8 Å². The van der Waals surface area contributed by atoms with Gasteiger partial charge in [0.05, 0.1) is 5.75 Å². The minimum atomic E-state index is 0. The van der Waals surface area contributed by atoms with E-state index in [1.54, 1.807) is 11.8 Å². The SMILES string of the molecule is CC(C)CC(CN)NC(=O)CSCc1ccc(Cl)cc1.Cl. The van der Waals surface area contributed by atoms with Gasteiger partial charge in [-0.2, -0.15) is 0 Å². The van der Waals surface area contributed by atoms with E-state index in [9.17, 15) is 4.79 Å². The van der Waals surface area contributed by atoms with Gasteiger partial charge in [-0.15, -0.1) is 24.2 Å². The summed E-state index contributed by atoms with van der Waals surface area (Å²) < 4.78 is 0. The third-order valence-corrected chi connectivity index (χ3v) is 4.08. The van der Waals surface area contributed by atoms with Crippen molar-refractivity contribution in [3.8, 4) is 0 Å². The minimum Gasteiger partial charge on any atom is -0.351 e. The van der Waals surface area contributed by atoms with E-state index in [0.717, 1.165) is 17.2 Å². The number of nitrogens with one attached hydrogen (secondary N) is 1. The Bertz CT molecular complexity index is 413. The lowest BCUT2D eigenvalue weighted by molar-refractivity contribution is -0.119. The van der Waals surface area contributed by atoms with Gasteiger partial charge in [0.1, 0.15) is 0 Å². The molecule has 1 amide bonds. The summed E-state index contributed by atoms with van der Waals surface area (Å²) in [6.07, 6.45) is 0.921.